The Bertz CT molecular complexity index is 608. The van der Waals surface area contributed by atoms with Gasteiger partial charge < -0.3 is 10.8 Å². The number of benzene rings is 1. The predicted octanol–water partition coefficient (Wildman–Crippen LogP) is 1.09. The van der Waals surface area contributed by atoms with E-state index in [9.17, 15) is 13.2 Å². The molecule has 3 N–H and O–H groups in total. The number of thioether (sulfide) groups is 1. The zero-order valence-corrected chi connectivity index (χ0v) is 12.4. The number of carbonyl (C=O) groups is 1. The van der Waals surface area contributed by atoms with E-state index in [2.05, 4.69) is 0 Å². The van der Waals surface area contributed by atoms with Gasteiger partial charge in [-0.1, -0.05) is 0 Å². The Hall–Kier alpha value is -1.25. The molecule has 0 radical (unpaired) electrons. The number of anilines is 1. The third-order valence-corrected chi connectivity index (χ3v) is 6.08. The normalized spacial score (nSPS) is 17.6. The Morgan fingerprint density at radius 3 is 2.70 bits per heavy atom. The molecule has 0 bridgehead atoms. The van der Waals surface area contributed by atoms with Gasteiger partial charge in [-0.15, -0.1) is 0 Å². The number of nitrogen functional groups attached to an aromatic ring is 1. The van der Waals surface area contributed by atoms with Crippen LogP contribution in [-0.4, -0.2) is 48.4 Å². The van der Waals surface area contributed by atoms with Gasteiger partial charge in [-0.05, 0) is 30.4 Å². The quantitative estimate of drug-likeness (QED) is 0.810. The summed E-state index contributed by atoms with van der Waals surface area (Å²) in [5.74, 6) is 0.568. The third kappa shape index (κ3) is 3.08. The first kappa shape index (κ1) is 15.1. The van der Waals surface area contributed by atoms with Crippen molar-refractivity contribution in [3.05, 3.63) is 23.8 Å². The molecule has 1 fully saturated rings. The van der Waals surface area contributed by atoms with Gasteiger partial charge in [0.25, 0.3) is 0 Å². The van der Waals surface area contributed by atoms with E-state index in [-0.39, 0.29) is 16.1 Å². The monoisotopic (exact) mass is 316 g/mol. The highest BCUT2D eigenvalue weighted by molar-refractivity contribution is 7.99. The zero-order chi connectivity index (χ0) is 14.8. The van der Waals surface area contributed by atoms with Gasteiger partial charge in [-0.3, -0.25) is 0 Å². The van der Waals surface area contributed by atoms with Gasteiger partial charge in [-0.2, -0.15) is 16.1 Å². The summed E-state index contributed by atoms with van der Waals surface area (Å²) in [7, 11) is -3.66. The molecule has 1 aliphatic heterocycles. The molecule has 1 aromatic carbocycles. The lowest BCUT2D eigenvalue weighted by Crippen LogP contribution is -2.33. The van der Waals surface area contributed by atoms with Crippen LogP contribution in [0.15, 0.2) is 23.1 Å². The van der Waals surface area contributed by atoms with Gasteiger partial charge in [-0.25, -0.2) is 13.2 Å². The molecule has 1 aromatic rings. The maximum absolute atomic E-state index is 12.5. The van der Waals surface area contributed by atoms with Gasteiger partial charge in [0.05, 0.1) is 11.3 Å². The maximum Gasteiger partial charge on any atom is 0.335 e. The van der Waals surface area contributed by atoms with Crippen molar-refractivity contribution in [2.45, 2.75) is 11.3 Å². The fourth-order valence-electron chi connectivity index (χ4n) is 2.02. The Kier molecular flexibility index (Phi) is 4.56. The lowest BCUT2D eigenvalue weighted by atomic mass is 10.2. The SMILES string of the molecule is Nc1cc(C(=O)O)ccc1S(=O)(=O)N1CCCSCC1. The number of hydrogen-bond acceptors (Lipinski definition) is 5. The molecule has 0 spiro atoms. The van der Waals surface area contributed by atoms with Gasteiger partial charge in [0.15, 0.2) is 0 Å². The van der Waals surface area contributed by atoms with Gasteiger partial charge in [0, 0.05) is 18.8 Å². The van der Waals surface area contributed by atoms with Crippen LogP contribution in [-0.2, 0) is 10.0 Å². The first-order valence-corrected chi connectivity index (χ1v) is 8.73. The summed E-state index contributed by atoms with van der Waals surface area (Å²) >= 11 is 1.73. The second-order valence-corrected chi connectivity index (χ2v) is 7.56. The van der Waals surface area contributed by atoms with Gasteiger partial charge in [0.1, 0.15) is 4.90 Å². The predicted molar refractivity (Wildman–Crippen MR) is 78.5 cm³/mol. The topological polar surface area (TPSA) is 101 Å². The zero-order valence-electron chi connectivity index (χ0n) is 10.8. The van der Waals surface area contributed by atoms with E-state index in [1.165, 1.54) is 22.5 Å². The van der Waals surface area contributed by atoms with Crippen LogP contribution in [0.3, 0.4) is 0 Å². The lowest BCUT2D eigenvalue weighted by Gasteiger charge is -2.20. The Balaban J connectivity index is 2.36. The van der Waals surface area contributed by atoms with Crippen LogP contribution in [0.1, 0.15) is 16.8 Å². The Morgan fingerprint density at radius 1 is 1.30 bits per heavy atom. The van der Waals surface area contributed by atoms with Gasteiger partial charge >= 0.3 is 5.97 Å². The maximum atomic E-state index is 12.5. The molecule has 0 unspecified atom stereocenters. The number of carboxylic acid groups (broad SMARTS) is 1. The van der Waals surface area contributed by atoms with Crippen molar-refractivity contribution >= 4 is 33.4 Å². The number of sulfonamides is 1. The van der Waals surface area contributed by atoms with E-state index in [0.717, 1.165) is 17.9 Å². The van der Waals surface area contributed by atoms with Crippen molar-refractivity contribution in [3.63, 3.8) is 0 Å². The minimum atomic E-state index is -3.66. The summed E-state index contributed by atoms with van der Waals surface area (Å²) in [6, 6.07) is 3.71. The van der Waals surface area contributed by atoms with Crippen LogP contribution in [0.2, 0.25) is 0 Å². The number of aromatic carboxylic acids is 1. The van der Waals surface area contributed by atoms with Crippen molar-refractivity contribution in [3.8, 4) is 0 Å². The molecule has 0 atom stereocenters. The molecule has 1 heterocycles. The summed E-state index contributed by atoms with van der Waals surface area (Å²) in [4.78, 5) is 10.8. The summed E-state index contributed by atoms with van der Waals surface area (Å²) in [5.41, 5.74) is 5.67. The van der Waals surface area contributed by atoms with Crippen LogP contribution >= 0.6 is 11.8 Å². The number of hydrogen-bond donors (Lipinski definition) is 2. The average Bonchev–Trinajstić information content (AvgIpc) is 2.67. The number of rotatable bonds is 3. The van der Waals surface area contributed by atoms with Crippen molar-refractivity contribution in [1.29, 1.82) is 0 Å². The minimum Gasteiger partial charge on any atom is -0.478 e. The molecule has 0 aliphatic carbocycles. The Labute approximate surface area is 122 Å². The molecule has 110 valence electrons. The van der Waals surface area contributed by atoms with E-state index in [4.69, 9.17) is 10.8 Å². The van der Waals surface area contributed by atoms with Gasteiger partial charge in [0.2, 0.25) is 10.0 Å². The van der Waals surface area contributed by atoms with Crippen LogP contribution in [0, 0.1) is 0 Å². The highest BCUT2D eigenvalue weighted by Crippen LogP contribution is 2.25. The van der Waals surface area contributed by atoms with Crippen LogP contribution < -0.4 is 5.73 Å². The molecule has 0 saturated carbocycles. The standard InChI is InChI=1S/C12H16N2O4S2/c13-10-8-9(12(15)16)2-3-11(10)20(17,18)14-4-1-6-19-7-5-14/h2-3,8H,1,4-7,13H2,(H,15,16). The fraction of sp³-hybridized carbons (Fsp3) is 0.417. The van der Waals surface area contributed by atoms with Crippen molar-refractivity contribution in [2.24, 2.45) is 0 Å². The number of nitrogens with zero attached hydrogens (tertiary/aromatic N) is 1. The van der Waals surface area contributed by atoms with Crippen LogP contribution in [0.5, 0.6) is 0 Å². The molecule has 1 aliphatic rings. The highest BCUT2D eigenvalue weighted by Gasteiger charge is 2.27. The van der Waals surface area contributed by atoms with Crippen LogP contribution in [0.4, 0.5) is 5.69 Å². The van der Waals surface area contributed by atoms with E-state index in [0.29, 0.717) is 13.1 Å². The van der Waals surface area contributed by atoms with Crippen LogP contribution in [0.25, 0.3) is 0 Å². The molecule has 6 nitrogen and oxygen atoms in total. The molecule has 1 saturated heterocycles. The van der Waals surface area contributed by atoms with Crippen molar-refractivity contribution in [1.82, 2.24) is 4.31 Å². The van der Waals surface area contributed by atoms with E-state index < -0.39 is 16.0 Å². The van der Waals surface area contributed by atoms with Crippen molar-refractivity contribution in [2.75, 3.05) is 30.3 Å². The molecule has 8 heteroatoms. The second-order valence-electron chi connectivity index (χ2n) is 4.43. The number of carboxylic acids is 1. The molecular weight excluding hydrogens is 300 g/mol. The summed E-state index contributed by atoms with van der Waals surface area (Å²) in [6.07, 6.45) is 0.803. The summed E-state index contributed by atoms with van der Waals surface area (Å²) in [6.45, 7) is 0.919. The third-order valence-electron chi connectivity index (χ3n) is 3.06. The molecule has 20 heavy (non-hydrogen) atoms. The first-order chi connectivity index (χ1) is 9.43. The smallest absolute Gasteiger partial charge is 0.335 e. The van der Waals surface area contributed by atoms with Crippen molar-refractivity contribution < 1.29 is 18.3 Å². The van der Waals surface area contributed by atoms with E-state index in [1.807, 2.05) is 0 Å². The fourth-order valence-corrected chi connectivity index (χ4v) is 4.60. The second kappa shape index (κ2) is 6.02. The minimum absolute atomic E-state index is 0.0191. The molecule has 0 amide bonds. The average molecular weight is 316 g/mol. The number of nitrogens with two attached hydrogens (primary N) is 1. The molecule has 2 rings (SSSR count). The van der Waals surface area contributed by atoms with E-state index in [1.54, 1.807) is 11.8 Å². The highest BCUT2D eigenvalue weighted by atomic mass is 32.2. The molecule has 0 aromatic heterocycles. The largest absolute Gasteiger partial charge is 0.478 e. The lowest BCUT2D eigenvalue weighted by molar-refractivity contribution is 0.0697. The molecular formula is C12H16N2O4S2. The first-order valence-electron chi connectivity index (χ1n) is 6.13. The summed E-state index contributed by atoms with van der Waals surface area (Å²) in [5, 5.41) is 8.87. The Morgan fingerprint density at radius 2 is 2.05 bits per heavy atom. The summed E-state index contributed by atoms with van der Waals surface area (Å²) < 4.78 is 26.5. The van der Waals surface area contributed by atoms with E-state index >= 15 is 0 Å².